The van der Waals surface area contributed by atoms with E-state index < -0.39 is 70.6 Å². The van der Waals surface area contributed by atoms with Crippen molar-refractivity contribution in [2.75, 3.05) is 5.32 Å². The number of esters is 2. The van der Waals surface area contributed by atoms with Crippen molar-refractivity contribution in [1.82, 2.24) is 0 Å². The molecule has 0 fully saturated rings. The van der Waals surface area contributed by atoms with Crippen molar-refractivity contribution in [3.63, 3.8) is 0 Å². The van der Waals surface area contributed by atoms with Crippen molar-refractivity contribution in [2.45, 2.75) is 37.9 Å². The molecule has 0 saturated carbocycles. The van der Waals surface area contributed by atoms with Crippen molar-refractivity contribution >= 4 is 29.5 Å². The molecule has 3 aromatic carbocycles. The van der Waals surface area contributed by atoms with Gasteiger partial charge in [0, 0.05) is 5.69 Å². The number of alkyl halides is 6. The molecule has 14 heteroatoms. The average molecular weight is 597 g/mol. The summed E-state index contributed by atoms with van der Waals surface area (Å²) >= 11 is 0. The molecule has 0 heterocycles. The van der Waals surface area contributed by atoms with Gasteiger partial charge in [-0.25, -0.2) is 14.4 Å². The van der Waals surface area contributed by atoms with Gasteiger partial charge in [0.1, 0.15) is 0 Å². The van der Waals surface area contributed by atoms with Crippen LogP contribution in [-0.4, -0.2) is 41.1 Å². The third kappa shape index (κ3) is 7.86. The molecule has 42 heavy (non-hydrogen) atoms. The molecule has 0 aliphatic rings. The van der Waals surface area contributed by atoms with Gasteiger partial charge < -0.3 is 19.9 Å². The Hall–Kier alpha value is -4.88. The molecule has 222 valence electrons. The zero-order valence-corrected chi connectivity index (χ0v) is 21.5. The van der Waals surface area contributed by atoms with Crippen LogP contribution in [0, 0.1) is 0 Å². The quantitative estimate of drug-likeness (QED) is 0.238. The van der Waals surface area contributed by atoms with E-state index in [1.165, 1.54) is 12.1 Å². The van der Waals surface area contributed by atoms with E-state index in [1.807, 2.05) is 0 Å². The fourth-order valence-corrected chi connectivity index (χ4v) is 3.66. The highest BCUT2D eigenvalue weighted by Crippen LogP contribution is 2.31. The molecule has 2 N–H and O–H groups in total. The summed E-state index contributed by atoms with van der Waals surface area (Å²) in [5.74, 6) is -6.58. The summed E-state index contributed by atoms with van der Waals surface area (Å²) in [6.07, 6.45) is -14.5. The van der Waals surface area contributed by atoms with Gasteiger partial charge in [0.2, 0.25) is 12.2 Å². The average Bonchev–Trinajstić information content (AvgIpc) is 2.94. The summed E-state index contributed by atoms with van der Waals surface area (Å²) in [6, 6.07) is 11.8. The minimum Gasteiger partial charge on any atom is -0.478 e. The Labute approximate surface area is 233 Å². The number of aliphatic carboxylic acids is 1. The van der Waals surface area contributed by atoms with Gasteiger partial charge in [0.15, 0.2) is 0 Å². The number of para-hydroxylation sites is 1. The first-order valence-corrected chi connectivity index (χ1v) is 12.0. The number of carbonyl (C=O) groups is 4. The number of halogens is 6. The normalized spacial score (nSPS) is 13.0. The largest absolute Gasteiger partial charge is 0.478 e. The second kappa shape index (κ2) is 12.7. The van der Waals surface area contributed by atoms with Crippen LogP contribution < -0.4 is 5.32 Å². The zero-order chi connectivity index (χ0) is 31.2. The first kappa shape index (κ1) is 31.6. The summed E-state index contributed by atoms with van der Waals surface area (Å²) < 4.78 is 88.6. The van der Waals surface area contributed by atoms with Gasteiger partial charge in [0.25, 0.3) is 5.91 Å². The van der Waals surface area contributed by atoms with Gasteiger partial charge in [-0.3, -0.25) is 4.79 Å². The van der Waals surface area contributed by atoms with E-state index in [9.17, 15) is 50.6 Å². The van der Waals surface area contributed by atoms with E-state index in [4.69, 9.17) is 9.47 Å². The van der Waals surface area contributed by atoms with E-state index in [2.05, 4.69) is 5.32 Å². The number of anilines is 1. The third-order valence-electron chi connectivity index (χ3n) is 5.75. The highest BCUT2D eigenvalue weighted by molar-refractivity contribution is 6.02. The number of amides is 1. The number of carboxylic acids is 1. The lowest BCUT2D eigenvalue weighted by molar-refractivity contribution is -0.157. The molecule has 1 amide bonds. The Kier molecular flexibility index (Phi) is 9.60. The molecule has 0 saturated heterocycles. The minimum atomic E-state index is -4.86. The molecular weight excluding hydrogens is 576 g/mol. The highest BCUT2D eigenvalue weighted by atomic mass is 19.4. The summed E-state index contributed by atoms with van der Waals surface area (Å²) in [5.41, 5.74) is -3.26. The Morgan fingerprint density at radius 1 is 0.738 bits per heavy atom. The molecule has 3 aromatic rings. The summed E-state index contributed by atoms with van der Waals surface area (Å²) in [7, 11) is 0. The zero-order valence-electron chi connectivity index (χ0n) is 21.5. The Balaban J connectivity index is 1.99. The Morgan fingerprint density at radius 2 is 1.21 bits per heavy atom. The molecule has 0 bridgehead atoms. The van der Waals surface area contributed by atoms with Crippen molar-refractivity contribution in [3.8, 4) is 0 Å². The summed E-state index contributed by atoms with van der Waals surface area (Å²) in [4.78, 5) is 50.9. The number of benzene rings is 3. The van der Waals surface area contributed by atoms with Crippen LogP contribution in [0.2, 0.25) is 0 Å². The lowest BCUT2D eigenvalue weighted by Gasteiger charge is -2.24. The van der Waals surface area contributed by atoms with Gasteiger partial charge in [-0.05, 0) is 54.4 Å². The van der Waals surface area contributed by atoms with Crippen LogP contribution >= 0.6 is 0 Å². The van der Waals surface area contributed by atoms with Crippen molar-refractivity contribution in [2.24, 2.45) is 0 Å². The van der Waals surface area contributed by atoms with Crippen LogP contribution in [0.15, 0.2) is 72.8 Å². The van der Waals surface area contributed by atoms with Gasteiger partial charge in [-0.15, -0.1) is 0 Å². The van der Waals surface area contributed by atoms with Crippen LogP contribution in [-0.2, 0) is 37.8 Å². The number of hydrogen-bond acceptors (Lipinski definition) is 6. The first-order chi connectivity index (χ1) is 19.6. The topological polar surface area (TPSA) is 119 Å². The molecular formula is C28H21F6NO7. The molecule has 0 aromatic heterocycles. The number of ether oxygens (including phenoxy) is 2. The monoisotopic (exact) mass is 597 g/mol. The van der Waals surface area contributed by atoms with E-state index in [0.29, 0.717) is 36.2 Å². The molecule has 0 aliphatic carbocycles. The molecule has 8 nitrogen and oxygen atoms in total. The maximum atomic E-state index is 13.3. The molecule has 0 unspecified atom stereocenters. The summed E-state index contributed by atoms with van der Waals surface area (Å²) in [6.45, 7) is 1.73. The number of nitrogens with one attached hydrogen (secondary N) is 1. The van der Waals surface area contributed by atoms with E-state index in [0.717, 1.165) is 24.3 Å². The molecule has 3 rings (SSSR count). The van der Waals surface area contributed by atoms with Crippen LogP contribution in [0.3, 0.4) is 0 Å². The lowest BCUT2D eigenvalue weighted by Crippen LogP contribution is -2.48. The smallest absolute Gasteiger partial charge is 0.416 e. The standard InChI is InChI=1S/C28H21F6NO7/c1-2-15-7-3-4-12-20(15)35-23(36)21(41-25(39)16-8-5-10-18(13-16)27(29,30)31)22(24(37)38)42-26(40)17-9-6-11-19(14-17)28(32,33)34/h3-14,21-22H,2H2,1H3,(H,35,36)(H,37,38)/t21-,22-/m0/s1. The van der Waals surface area contributed by atoms with E-state index in [-0.39, 0.29) is 5.69 Å². The fourth-order valence-electron chi connectivity index (χ4n) is 3.66. The fraction of sp³-hybridized carbons (Fsp3) is 0.214. The minimum absolute atomic E-state index is 0.151. The van der Waals surface area contributed by atoms with Gasteiger partial charge >= 0.3 is 30.3 Å². The van der Waals surface area contributed by atoms with Crippen molar-refractivity contribution in [3.05, 3.63) is 101 Å². The van der Waals surface area contributed by atoms with Crippen LogP contribution in [0.1, 0.15) is 44.3 Å². The van der Waals surface area contributed by atoms with Crippen LogP contribution in [0.4, 0.5) is 32.0 Å². The first-order valence-electron chi connectivity index (χ1n) is 12.0. The van der Waals surface area contributed by atoms with E-state index >= 15 is 0 Å². The Bertz CT molecular complexity index is 1490. The predicted molar refractivity (Wildman–Crippen MR) is 133 cm³/mol. The molecule has 0 aliphatic heterocycles. The summed E-state index contributed by atoms with van der Waals surface area (Å²) in [5, 5.41) is 12.1. The van der Waals surface area contributed by atoms with Gasteiger partial charge in [0.05, 0.1) is 22.3 Å². The maximum absolute atomic E-state index is 13.3. The molecule has 0 spiro atoms. The van der Waals surface area contributed by atoms with Crippen LogP contribution in [0.25, 0.3) is 0 Å². The number of carboxylic acid groups (broad SMARTS) is 1. The van der Waals surface area contributed by atoms with Crippen LogP contribution in [0.5, 0.6) is 0 Å². The molecule has 0 radical (unpaired) electrons. The second-order valence-corrected chi connectivity index (χ2v) is 8.65. The number of carbonyl (C=O) groups excluding carboxylic acids is 3. The number of rotatable bonds is 9. The third-order valence-corrected chi connectivity index (χ3v) is 5.75. The van der Waals surface area contributed by atoms with E-state index in [1.54, 1.807) is 19.1 Å². The van der Waals surface area contributed by atoms with Gasteiger partial charge in [-0.2, -0.15) is 26.3 Å². The maximum Gasteiger partial charge on any atom is 0.416 e. The number of aryl methyl sites for hydroxylation is 1. The van der Waals surface area contributed by atoms with Crippen molar-refractivity contribution in [1.29, 1.82) is 0 Å². The second-order valence-electron chi connectivity index (χ2n) is 8.65. The Morgan fingerprint density at radius 3 is 1.67 bits per heavy atom. The highest BCUT2D eigenvalue weighted by Gasteiger charge is 2.42. The molecule has 2 atom stereocenters. The SMILES string of the molecule is CCc1ccccc1NC(=O)[C@@H](OC(=O)c1cccc(C(F)(F)F)c1)[C@H](OC(=O)c1cccc(C(F)(F)F)c1)C(=O)O. The number of hydrogen-bond donors (Lipinski definition) is 2. The van der Waals surface area contributed by atoms with Crippen molar-refractivity contribution < 1.29 is 60.1 Å². The predicted octanol–water partition coefficient (Wildman–Crippen LogP) is 5.76. The van der Waals surface area contributed by atoms with Gasteiger partial charge in [-0.1, -0.05) is 37.3 Å². The lowest BCUT2D eigenvalue weighted by atomic mass is 10.1.